The quantitative estimate of drug-likeness (QED) is 0.330. The van der Waals surface area contributed by atoms with E-state index in [9.17, 15) is 18.0 Å². The van der Waals surface area contributed by atoms with Crippen molar-refractivity contribution in [1.82, 2.24) is 10.2 Å². The first-order valence-electron chi connectivity index (χ1n) is 12.5. The van der Waals surface area contributed by atoms with Crippen LogP contribution in [0, 0.1) is 20.8 Å². The van der Waals surface area contributed by atoms with Crippen LogP contribution in [0.2, 0.25) is 10.0 Å². The molecular weight excluding hydrogens is 557 g/mol. The van der Waals surface area contributed by atoms with E-state index in [-0.39, 0.29) is 17.3 Å². The topological polar surface area (TPSA) is 86.8 Å². The van der Waals surface area contributed by atoms with E-state index in [1.165, 1.54) is 17.0 Å². The number of amides is 2. The summed E-state index contributed by atoms with van der Waals surface area (Å²) in [5.41, 5.74) is 3.78. The highest BCUT2D eigenvalue weighted by molar-refractivity contribution is 7.92. The van der Waals surface area contributed by atoms with Crippen molar-refractivity contribution < 1.29 is 18.0 Å². The van der Waals surface area contributed by atoms with Crippen LogP contribution >= 0.6 is 23.2 Å². The van der Waals surface area contributed by atoms with Crippen LogP contribution in [0.4, 0.5) is 5.69 Å². The summed E-state index contributed by atoms with van der Waals surface area (Å²) in [5, 5.41) is 3.41. The number of likely N-dealkylation sites (N-methyl/N-ethyl adjacent to an activating group) is 1. The molecule has 0 aliphatic rings. The second-order valence-electron chi connectivity index (χ2n) is 9.43. The first-order chi connectivity index (χ1) is 18.3. The number of nitrogens with one attached hydrogen (secondary N) is 1. The Morgan fingerprint density at radius 2 is 1.56 bits per heavy atom. The first kappa shape index (κ1) is 30.5. The van der Waals surface area contributed by atoms with E-state index in [0.29, 0.717) is 27.8 Å². The molecular formula is C29H33Cl2N3O4S. The van der Waals surface area contributed by atoms with Gasteiger partial charge in [-0.05, 0) is 87.7 Å². The summed E-state index contributed by atoms with van der Waals surface area (Å²) in [6.07, 6.45) is 0. The van der Waals surface area contributed by atoms with Crippen molar-refractivity contribution in [2.75, 3.05) is 17.4 Å². The van der Waals surface area contributed by atoms with Gasteiger partial charge in [-0.15, -0.1) is 0 Å². The second-order valence-corrected chi connectivity index (χ2v) is 12.1. The Bertz CT molecular complexity index is 1460. The summed E-state index contributed by atoms with van der Waals surface area (Å²) in [4.78, 5) is 28.1. The highest BCUT2D eigenvalue weighted by Crippen LogP contribution is 2.28. The number of rotatable bonds is 10. The number of halogens is 2. The van der Waals surface area contributed by atoms with Crippen LogP contribution < -0.4 is 9.62 Å². The van der Waals surface area contributed by atoms with Gasteiger partial charge in [-0.25, -0.2) is 8.42 Å². The molecule has 3 aromatic rings. The highest BCUT2D eigenvalue weighted by Gasteiger charge is 2.32. The van der Waals surface area contributed by atoms with E-state index >= 15 is 0 Å². The van der Waals surface area contributed by atoms with Crippen LogP contribution in [0.1, 0.15) is 36.1 Å². The molecule has 0 spiro atoms. The number of sulfonamides is 1. The minimum absolute atomic E-state index is 0.0272. The fraction of sp³-hybridized carbons (Fsp3) is 0.310. The monoisotopic (exact) mass is 589 g/mol. The molecule has 0 aliphatic heterocycles. The Balaban J connectivity index is 2.06. The summed E-state index contributed by atoms with van der Waals surface area (Å²) in [6, 6.07) is 15.8. The third-order valence-electron chi connectivity index (χ3n) is 6.52. The largest absolute Gasteiger partial charge is 0.355 e. The third kappa shape index (κ3) is 7.32. The van der Waals surface area contributed by atoms with Crippen molar-refractivity contribution in [3.05, 3.63) is 93.0 Å². The number of nitrogens with zero attached hydrogens (tertiary/aromatic N) is 2. The van der Waals surface area contributed by atoms with Crippen LogP contribution in [0.25, 0.3) is 0 Å². The van der Waals surface area contributed by atoms with Gasteiger partial charge in [-0.3, -0.25) is 13.9 Å². The SMILES string of the molecule is CCNC(=O)[C@@H](C)N(Cc1ccc(Cl)c(Cl)c1)C(=O)CN(c1ccc(C)c(C)c1)S(=O)(=O)c1ccc(C)cc1. The molecule has 3 rings (SSSR count). The van der Waals surface area contributed by atoms with Gasteiger partial charge < -0.3 is 10.2 Å². The number of carbonyl (C=O) groups is 2. The summed E-state index contributed by atoms with van der Waals surface area (Å²) < 4.78 is 28.9. The van der Waals surface area contributed by atoms with Gasteiger partial charge in [-0.1, -0.05) is 53.0 Å². The van der Waals surface area contributed by atoms with Gasteiger partial charge in [0.1, 0.15) is 12.6 Å². The highest BCUT2D eigenvalue weighted by atomic mass is 35.5. The van der Waals surface area contributed by atoms with E-state index in [0.717, 1.165) is 21.0 Å². The summed E-state index contributed by atoms with van der Waals surface area (Å²) in [7, 11) is -4.12. The van der Waals surface area contributed by atoms with E-state index in [4.69, 9.17) is 23.2 Å². The number of hydrogen-bond acceptors (Lipinski definition) is 4. The van der Waals surface area contributed by atoms with E-state index < -0.39 is 28.5 Å². The van der Waals surface area contributed by atoms with Gasteiger partial charge in [0.2, 0.25) is 11.8 Å². The smallest absolute Gasteiger partial charge is 0.264 e. The maximum atomic E-state index is 13.9. The lowest BCUT2D eigenvalue weighted by Crippen LogP contribution is -2.51. The van der Waals surface area contributed by atoms with Gasteiger partial charge in [0.15, 0.2) is 0 Å². The number of anilines is 1. The van der Waals surface area contributed by atoms with Crippen molar-refractivity contribution >= 4 is 50.7 Å². The molecule has 0 heterocycles. The maximum Gasteiger partial charge on any atom is 0.264 e. The number of benzene rings is 3. The molecule has 1 atom stereocenters. The molecule has 0 aromatic heterocycles. The average Bonchev–Trinajstić information content (AvgIpc) is 2.89. The van der Waals surface area contributed by atoms with Crippen LogP contribution in [0.3, 0.4) is 0 Å². The van der Waals surface area contributed by atoms with Crippen LogP contribution in [-0.4, -0.2) is 44.3 Å². The Kier molecular flexibility index (Phi) is 10.0. The van der Waals surface area contributed by atoms with Crippen molar-refractivity contribution in [3.8, 4) is 0 Å². The normalized spacial score (nSPS) is 12.1. The molecule has 0 saturated heterocycles. The Labute approximate surface area is 240 Å². The zero-order chi connectivity index (χ0) is 28.9. The number of aryl methyl sites for hydroxylation is 3. The predicted octanol–water partition coefficient (Wildman–Crippen LogP) is 5.67. The van der Waals surface area contributed by atoms with Gasteiger partial charge >= 0.3 is 0 Å². The molecule has 0 fully saturated rings. The fourth-order valence-electron chi connectivity index (χ4n) is 3.99. The summed E-state index contributed by atoms with van der Waals surface area (Å²) in [5.74, 6) is -0.904. The minimum atomic E-state index is -4.12. The van der Waals surface area contributed by atoms with Gasteiger partial charge in [-0.2, -0.15) is 0 Å². The molecule has 39 heavy (non-hydrogen) atoms. The van der Waals surface area contributed by atoms with Crippen LogP contribution in [0.5, 0.6) is 0 Å². The Morgan fingerprint density at radius 3 is 2.15 bits per heavy atom. The van der Waals surface area contributed by atoms with Crippen molar-refractivity contribution in [3.63, 3.8) is 0 Å². The molecule has 0 unspecified atom stereocenters. The first-order valence-corrected chi connectivity index (χ1v) is 14.7. The van der Waals surface area contributed by atoms with Crippen molar-refractivity contribution in [2.45, 2.75) is 52.1 Å². The standard InChI is InChI=1S/C29H33Cl2N3O4S/c1-6-32-29(36)22(5)33(17-23-10-14-26(30)27(31)16-23)28(35)18-34(24-11-9-20(3)21(4)15-24)39(37,38)25-12-7-19(2)8-13-25/h7-16,22H,6,17-18H2,1-5H3,(H,32,36)/t22-/m1/s1. The third-order valence-corrected chi connectivity index (χ3v) is 9.05. The summed E-state index contributed by atoms with van der Waals surface area (Å²) >= 11 is 12.3. The molecule has 3 aromatic carbocycles. The van der Waals surface area contributed by atoms with E-state index in [2.05, 4.69) is 5.32 Å². The van der Waals surface area contributed by atoms with Crippen LogP contribution in [-0.2, 0) is 26.2 Å². The fourth-order valence-corrected chi connectivity index (χ4v) is 5.71. The predicted molar refractivity (Wildman–Crippen MR) is 157 cm³/mol. The minimum Gasteiger partial charge on any atom is -0.355 e. The Morgan fingerprint density at radius 1 is 0.897 bits per heavy atom. The van der Waals surface area contributed by atoms with E-state index in [1.54, 1.807) is 56.3 Å². The van der Waals surface area contributed by atoms with Crippen molar-refractivity contribution in [1.29, 1.82) is 0 Å². The number of carbonyl (C=O) groups excluding carboxylic acids is 2. The molecule has 0 radical (unpaired) electrons. The molecule has 2 amide bonds. The molecule has 0 bridgehead atoms. The molecule has 208 valence electrons. The van der Waals surface area contributed by atoms with Crippen molar-refractivity contribution in [2.24, 2.45) is 0 Å². The van der Waals surface area contributed by atoms with Crippen LogP contribution in [0.15, 0.2) is 65.6 Å². The maximum absolute atomic E-state index is 13.9. The average molecular weight is 591 g/mol. The molecule has 10 heteroatoms. The second kappa shape index (κ2) is 12.9. The molecule has 7 nitrogen and oxygen atoms in total. The van der Waals surface area contributed by atoms with E-state index in [1.807, 2.05) is 26.8 Å². The molecule has 1 N–H and O–H groups in total. The van der Waals surface area contributed by atoms with Gasteiger partial charge in [0.25, 0.3) is 10.0 Å². The van der Waals surface area contributed by atoms with Gasteiger partial charge in [0, 0.05) is 13.1 Å². The number of hydrogen-bond donors (Lipinski definition) is 1. The molecule has 0 saturated carbocycles. The Hall–Kier alpha value is -3.07. The lowest BCUT2D eigenvalue weighted by Gasteiger charge is -2.32. The zero-order valence-corrected chi connectivity index (χ0v) is 25.0. The van der Waals surface area contributed by atoms with Gasteiger partial charge in [0.05, 0.1) is 20.6 Å². The lowest BCUT2D eigenvalue weighted by atomic mass is 10.1. The zero-order valence-electron chi connectivity index (χ0n) is 22.7. The lowest BCUT2D eigenvalue weighted by molar-refractivity contribution is -0.139. The summed E-state index contributed by atoms with van der Waals surface area (Å²) in [6.45, 7) is 8.96. The molecule has 0 aliphatic carbocycles.